The van der Waals surface area contributed by atoms with Crippen molar-refractivity contribution in [1.29, 1.82) is 0 Å². The Bertz CT molecular complexity index is 803. The number of nitrogens with one attached hydrogen (secondary N) is 2. The summed E-state index contributed by atoms with van der Waals surface area (Å²) in [6.07, 6.45) is 0. The predicted molar refractivity (Wildman–Crippen MR) is 101 cm³/mol. The van der Waals surface area contributed by atoms with Gasteiger partial charge in [0.1, 0.15) is 6.04 Å². The van der Waals surface area contributed by atoms with E-state index >= 15 is 0 Å². The van der Waals surface area contributed by atoms with Crippen LogP contribution in [0.4, 0.5) is 11.4 Å². The molecule has 0 heterocycles. The molecule has 0 bridgehead atoms. The van der Waals surface area contributed by atoms with Crippen molar-refractivity contribution in [3.63, 3.8) is 0 Å². The normalized spacial score (nSPS) is 11.4. The summed E-state index contributed by atoms with van der Waals surface area (Å²) in [7, 11) is 3.13. The van der Waals surface area contributed by atoms with E-state index in [4.69, 9.17) is 15.2 Å². The fourth-order valence-electron chi connectivity index (χ4n) is 2.40. The van der Waals surface area contributed by atoms with Gasteiger partial charge in [0.2, 0.25) is 11.8 Å². The van der Waals surface area contributed by atoms with E-state index in [0.717, 1.165) is 11.3 Å². The highest BCUT2D eigenvalue weighted by atomic mass is 16.5. The number of hydrogen-bond acceptors (Lipinski definition) is 5. The molecule has 0 fully saturated rings. The third-order valence-corrected chi connectivity index (χ3v) is 3.93. The number of hydrogen-bond donors (Lipinski definition) is 3. The molecule has 0 spiro atoms. The quantitative estimate of drug-likeness (QED) is 0.707. The first kappa shape index (κ1) is 19.1. The van der Waals surface area contributed by atoms with Crippen LogP contribution in [0.25, 0.3) is 0 Å². The van der Waals surface area contributed by atoms with Crippen LogP contribution in [-0.2, 0) is 4.79 Å². The van der Waals surface area contributed by atoms with Crippen LogP contribution in [0.3, 0.4) is 0 Å². The number of anilines is 2. The van der Waals surface area contributed by atoms with Crippen LogP contribution in [0.15, 0.2) is 36.4 Å². The molecule has 0 aliphatic heterocycles. The van der Waals surface area contributed by atoms with Gasteiger partial charge in [-0.1, -0.05) is 0 Å². The summed E-state index contributed by atoms with van der Waals surface area (Å²) in [5.41, 5.74) is 7.86. The van der Waals surface area contributed by atoms with Crippen molar-refractivity contribution in [1.82, 2.24) is 0 Å². The van der Waals surface area contributed by atoms with Crippen molar-refractivity contribution >= 4 is 23.2 Å². The zero-order valence-corrected chi connectivity index (χ0v) is 15.3. The van der Waals surface area contributed by atoms with E-state index < -0.39 is 11.9 Å². The number of methoxy groups -OCH3 is 2. The topological polar surface area (TPSA) is 103 Å². The molecule has 2 rings (SSSR count). The molecule has 2 amide bonds. The number of carbonyl (C=O) groups excluding carboxylic acids is 2. The van der Waals surface area contributed by atoms with Gasteiger partial charge < -0.3 is 25.8 Å². The molecule has 0 saturated carbocycles. The Morgan fingerprint density at radius 3 is 2.15 bits per heavy atom. The molecule has 2 aromatic carbocycles. The maximum atomic E-state index is 12.4. The summed E-state index contributed by atoms with van der Waals surface area (Å²) >= 11 is 0. The molecule has 0 aliphatic carbocycles. The fraction of sp³-hybridized carbons (Fsp3) is 0.263. The van der Waals surface area contributed by atoms with Crippen LogP contribution in [-0.4, -0.2) is 32.1 Å². The molecule has 7 heteroatoms. The van der Waals surface area contributed by atoms with Gasteiger partial charge in [-0.3, -0.25) is 9.59 Å². The molecule has 0 aromatic heterocycles. The van der Waals surface area contributed by atoms with Crippen molar-refractivity contribution in [3.05, 3.63) is 47.5 Å². The van der Waals surface area contributed by atoms with Crippen LogP contribution in [0.2, 0.25) is 0 Å². The number of nitrogens with two attached hydrogens (primary N) is 1. The third kappa shape index (κ3) is 4.44. The van der Waals surface area contributed by atoms with E-state index in [1.165, 1.54) is 0 Å². The van der Waals surface area contributed by atoms with Gasteiger partial charge in [-0.05, 0) is 49.7 Å². The van der Waals surface area contributed by atoms with Gasteiger partial charge in [-0.25, -0.2) is 0 Å². The van der Waals surface area contributed by atoms with Crippen LogP contribution >= 0.6 is 0 Å². The van der Waals surface area contributed by atoms with Gasteiger partial charge in [0.25, 0.3) is 0 Å². The average molecular weight is 357 g/mol. The van der Waals surface area contributed by atoms with E-state index in [2.05, 4.69) is 10.6 Å². The van der Waals surface area contributed by atoms with E-state index in [-0.39, 0.29) is 5.91 Å². The Hall–Kier alpha value is -3.22. The maximum absolute atomic E-state index is 12.4. The molecule has 0 aliphatic rings. The summed E-state index contributed by atoms with van der Waals surface area (Å²) in [4.78, 5) is 23.5. The van der Waals surface area contributed by atoms with Crippen LogP contribution < -0.4 is 25.8 Å². The van der Waals surface area contributed by atoms with Gasteiger partial charge in [0.05, 0.1) is 14.2 Å². The highest BCUT2D eigenvalue weighted by Crippen LogP contribution is 2.33. The van der Waals surface area contributed by atoms with Crippen molar-refractivity contribution in [3.8, 4) is 11.5 Å². The van der Waals surface area contributed by atoms with E-state index in [1.54, 1.807) is 51.5 Å². The van der Waals surface area contributed by atoms with Crippen molar-refractivity contribution in [2.45, 2.75) is 19.9 Å². The molecule has 0 saturated heterocycles. The smallest absolute Gasteiger partial charge is 0.248 e. The number of primary amides is 1. The standard InChI is InChI=1S/C19H23N3O4/c1-11-9-16(25-3)17(26-4)10-15(11)21-12(2)19(24)22-14-7-5-13(6-8-14)18(20)23/h5-10,12,21H,1-4H3,(H2,20,23)(H,22,24)/t12-/m0/s1. The first-order valence-corrected chi connectivity index (χ1v) is 8.05. The lowest BCUT2D eigenvalue weighted by molar-refractivity contribution is -0.116. The second-order valence-corrected chi connectivity index (χ2v) is 5.82. The second-order valence-electron chi connectivity index (χ2n) is 5.82. The first-order valence-electron chi connectivity index (χ1n) is 8.05. The molecule has 0 unspecified atom stereocenters. The average Bonchev–Trinajstić information content (AvgIpc) is 2.63. The minimum atomic E-state index is -0.512. The molecule has 2 aromatic rings. The Kier molecular flexibility index (Phi) is 6.06. The molecular weight excluding hydrogens is 334 g/mol. The summed E-state index contributed by atoms with van der Waals surface area (Å²) in [6.45, 7) is 3.67. The lowest BCUT2D eigenvalue weighted by atomic mass is 10.1. The molecule has 26 heavy (non-hydrogen) atoms. The fourth-order valence-corrected chi connectivity index (χ4v) is 2.40. The van der Waals surface area contributed by atoms with Crippen molar-refractivity contribution in [2.75, 3.05) is 24.9 Å². The van der Waals surface area contributed by atoms with Crippen molar-refractivity contribution < 1.29 is 19.1 Å². The number of ether oxygens (including phenoxy) is 2. The van der Waals surface area contributed by atoms with Gasteiger partial charge >= 0.3 is 0 Å². The lowest BCUT2D eigenvalue weighted by Gasteiger charge is -2.19. The highest BCUT2D eigenvalue weighted by molar-refractivity contribution is 5.97. The number of benzene rings is 2. The molecule has 7 nitrogen and oxygen atoms in total. The van der Waals surface area contributed by atoms with Crippen LogP contribution in [0, 0.1) is 6.92 Å². The lowest BCUT2D eigenvalue weighted by Crippen LogP contribution is -2.32. The first-order chi connectivity index (χ1) is 12.3. The predicted octanol–water partition coefficient (Wildman–Crippen LogP) is 2.55. The monoisotopic (exact) mass is 357 g/mol. The number of amides is 2. The van der Waals surface area contributed by atoms with E-state index in [1.807, 2.05) is 13.0 Å². The zero-order chi connectivity index (χ0) is 19.3. The van der Waals surface area contributed by atoms with Crippen LogP contribution in [0.5, 0.6) is 11.5 Å². The largest absolute Gasteiger partial charge is 0.493 e. The second kappa shape index (κ2) is 8.24. The molecule has 1 atom stereocenters. The van der Waals surface area contributed by atoms with Gasteiger partial charge in [0.15, 0.2) is 11.5 Å². The van der Waals surface area contributed by atoms with Crippen molar-refractivity contribution in [2.24, 2.45) is 5.73 Å². The number of carbonyl (C=O) groups is 2. The van der Waals surface area contributed by atoms with Gasteiger partial charge in [0, 0.05) is 23.0 Å². The summed E-state index contributed by atoms with van der Waals surface area (Å²) in [5.74, 6) is 0.477. The SMILES string of the molecule is COc1cc(C)c(N[C@@H](C)C(=O)Nc2ccc(C(N)=O)cc2)cc1OC. The van der Waals surface area contributed by atoms with Gasteiger partial charge in [-0.15, -0.1) is 0 Å². The molecule has 4 N–H and O–H groups in total. The Morgan fingerprint density at radius 2 is 1.62 bits per heavy atom. The summed E-state index contributed by atoms with van der Waals surface area (Å²) in [5, 5.41) is 5.95. The van der Waals surface area contributed by atoms with Crippen LogP contribution in [0.1, 0.15) is 22.8 Å². The minimum Gasteiger partial charge on any atom is -0.493 e. The Balaban J connectivity index is 2.08. The number of aryl methyl sites for hydroxylation is 1. The Labute approximate surface area is 152 Å². The molecular formula is C19H23N3O4. The van der Waals surface area contributed by atoms with E-state index in [9.17, 15) is 9.59 Å². The third-order valence-electron chi connectivity index (χ3n) is 3.93. The summed E-state index contributed by atoms with van der Waals surface area (Å²) < 4.78 is 10.6. The highest BCUT2D eigenvalue weighted by Gasteiger charge is 2.16. The zero-order valence-electron chi connectivity index (χ0n) is 15.3. The van der Waals surface area contributed by atoms with E-state index in [0.29, 0.717) is 22.7 Å². The number of rotatable bonds is 7. The Morgan fingerprint density at radius 1 is 1.04 bits per heavy atom. The van der Waals surface area contributed by atoms with Gasteiger partial charge in [-0.2, -0.15) is 0 Å². The summed E-state index contributed by atoms with van der Waals surface area (Å²) in [6, 6.07) is 9.53. The maximum Gasteiger partial charge on any atom is 0.248 e. The minimum absolute atomic E-state index is 0.217. The molecule has 0 radical (unpaired) electrons. The molecule has 138 valence electrons.